The van der Waals surface area contributed by atoms with E-state index in [-0.39, 0.29) is 29.6 Å². The number of esters is 1. The smallest absolute Gasteiger partial charge is 0.302 e. The lowest BCUT2D eigenvalue weighted by Crippen LogP contribution is -2.51. The molecule has 5 heterocycles. The zero-order chi connectivity index (χ0) is 33.0. The summed E-state index contributed by atoms with van der Waals surface area (Å²) < 4.78 is 15.2. The Bertz CT molecular complexity index is 1940. The van der Waals surface area contributed by atoms with Crippen molar-refractivity contribution in [2.24, 2.45) is 12.5 Å². The molecular formula is C36H40N6O5. The van der Waals surface area contributed by atoms with E-state index in [0.717, 1.165) is 37.4 Å². The molecule has 1 aromatic carbocycles. The molecule has 3 aromatic heterocycles. The van der Waals surface area contributed by atoms with Crippen molar-refractivity contribution < 1.29 is 19.1 Å². The lowest BCUT2D eigenvalue weighted by molar-refractivity contribution is -0.142. The van der Waals surface area contributed by atoms with Crippen LogP contribution in [-0.2, 0) is 42.6 Å². The number of carbonyl (C=O) groups is 2. The molecule has 3 aliphatic rings. The highest BCUT2D eigenvalue weighted by molar-refractivity contribution is 6.06. The molecule has 1 N–H and O–H groups in total. The minimum absolute atomic E-state index is 0.0762. The van der Waals surface area contributed by atoms with Crippen LogP contribution in [0.15, 0.2) is 59.7 Å². The Balaban J connectivity index is 1.20. The molecule has 0 spiro atoms. The Morgan fingerprint density at radius 2 is 1.81 bits per heavy atom. The molecule has 2 aliphatic heterocycles. The first-order valence-electron chi connectivity index (χ1n) is 16.0. The van der Waals surface area contributed by atoms with Gasteiger partial charge >= 0.3 is 5.97 Å². The summed E-state index contributed by atoms with van der Waals surface area (Å²) in [7, 11) is 3.75. The number of aryl methyl sites for hydroxylation is 1. The SMILES string of the molecule is CC(=O)OCc1c(-c2cc(Nc3ccc(OC4CN(C)C4)cc3)c(=O)n(C)c2)ccnc1N1CCn2c(cc3c2CC(C)(C)C3)C1=O. The highest BCUT2D eigenvalue weighted by atomic mass is 16.5. The fourth-order valence-corrected chi connectivity index (χ4v) is 7.04. The maximum atomic E-state index is 14.0. The van der Waals surface area contributed by atoms with Crippen LogP contribution in [0.3, 0.4) is 0 Å². The number of hydrogen-bond acceptors (Lipinski definition) is 8. The van der Waals surface area contributed by atoms with Gasteiger partial charge in [0.15, 0.2) is 0 Å². The molecule has 4 aromatic rings. The van der Waals surface area contributed by atoms with E-state index < -0.39 is 5.97 Å². The van der Waals surface area contributed by atoms with Gasteiger partial charge in [-0.2, -0.15) is 0 Å². The number of nitrogens with zero attached hydrogens (tertiary/aromatic N) is 5. The van der Waals surface area contributed by atoms with Crippen molar-refractivity contribution in [1.82, 2.24) is 19.0 Å². The van der Waals surface area contributed by atoms with E-state index in [0.29, 0.717) is 47.0 Å². The third-order valence-electron chi connectivity index (χ3n) is 9.29. The van der Waals surface area contributed by atoms with Crippen molar-refractivity contribution in [3.63, 3.8) is 0 Å². The number of carbonyl (C=O) groups excluding carboxylic acids is 2. The van der Waals surface area contributed by atoms with E-state index in [2.05, 4.69) is 40.7 Å². The number of nitrogens with one attached hydrogen (secondary N) is 1. The fourth-order valence-electron chi connectivity index (χ4n) is 7.04. The van der Waals surface area contributed by atoms with E-state index in [4.69, 9.17) is 9.47 Å². The molecule has 0 bridgehead atoms. The zero-order valence-corrected chi connectivity index (χ0v) is 27.5. The van der Waals surface area contributed by atoms with Gasteiger partial charge in [0.1, 0.15) is 35.7 Å². The average molecular weight is 637 g/mol. The lowest BCUT2D eigenvalue weighted by Gasteiger charge is -2.36. The number of likely N-dealkylation sites (N-methyl/N-ethyl adjacent to an activating group) is 1. The molecule has 7 rings (SSSR count). The second-order valence-electron chi connectivity index (χ2n) is 13.7. The van der Waals surface area contributed by atoms with Crippen LogP contribution in [0, 0.1) is 5.41 Å². The molecule has 0 unspecified atom stereocenters. The van der Waals surface area contributed by atoms with E-state index in [1.54, 1.807) is 30.4 Å². The fraction of sp³-hybridized carbons (Fsp3) is 0.389. The molecule has 11 heteroatoms. The predicted octanol–water partition coefficient (Wildman–Crippen LogP) is 4.53. The van der Waals surface area contributed by atoms with Gasteiger partial charge in [0.05, 0.1) is 0 Å². The van der Waals surface area contributed by atoms with Crippen molar-refractivity contribution in [3.8, 4) is 16.9 Å². The molecule has 1 amide bonds. The maximum absolute atomic E-state index is 14.0. The normalized spacial score (nSPS) is 17.2. The Morgan fingerprint density at radius 1 is 1.04 bits per heavy atom. The number of pyridine rings is 2. The number of aromatic nitrogens is 3. The Labute approximate surface area is 273 Å². The Hall–Kier alpha value is -4.90. The van der Waals surface area contributed by atoms with Crippen LogP contribution < -0.4 is 20.5 Å². The molecule has 1 aliphatic carbocycles. The summed E-state index contributed by atoms with van der Waals surface area (Å²) in [6, 6.07) is 13.2. The number of benzene rings is 1. The number of hydrogen-bond donors (Lipinski definition) is 1. The van der Waals surface area contributed by atoms with Crippen molar-refractivity contribution in [3.05, 3.63) is 87.7 Å². The maximum Gasteiger partial charge on any atom is 0.302 e. The summed E-state index contributed by atoms with van der Waals surface area (Å²) in [5, 5.41) is 3.26. The van der Waals surface area contributed by atoms with Crippen LogP contribution in [0.4, 0.5) is 17.2 Å². The van der Waals surface area contributed by atoms with E-state index in [1.807, 2.05) is 36.4 Å². The summed E-state index contributed by atoms with van der Waals surface area (Å²) >= 11 is 0. The predicted molar refractivity (Wildman–Crippen MR) is 179 cm³/mol. The number of rotatable bonds is 8. The van der Waals surface area contributed by atoms with Gasteiger partial charge in [-0.1, -0.05) is 13.8 Å². The summed E-state index contributed by atoms with van der Waals surface area (Å²) in [6.45, 7) is 8.69. The van der Waals surface area contributed by atoms with Crippen LogP contribution in [-0.4, -0.2) is 63.7 Å². The molecule has 0 radical (unpaired) electrons. The summed E-state index contributed by atoms with van der Waals surface area (Å²) in [4.78, 5) is 47.8. The first kappa shape index (κ1) is 30.7. The second-order valence-corrected chi connectivity index (χ2v) is 13.7. The second kappa shape index (κ2) is 11.7. The zero-order valence-electron chi connectivity index (χ0n) is 27.5. The molecule has 1 saturated heterocycles. The third-order valence-corrected chi connectivity index (χ3v) is 9.29. The first-order valence-corrected chi connectivity index (χ1v) is 16.0. The van der Waals surface area contributed by atoms with Crippen LogP contribution in [0.5, 0.6) is 5.75 Å². The molecule has 1 fully saturated rings. The van der Waals surface area contributed by atoms with Crippen molar-refractivity contribution >= 4 is 29.1 Å². The molecule has 244 valence electrons. The quantitative estimate of drug-likeness (QED) is 0.281. The van der Waals surface area contributed by atoms with Crippen LogP contribution in [0.25, 0.3) is 11.1 Å². The summed E-state index contributed by atoms with van der Waals surface area (Å²) in [5.74, 6) is 0.654. The monoisotopic (exact) mass is 636 g/mol. The highest BCUT2D eigenvalue weighted by Gasteiger charge is 2.37. The minimum atomic E-state index is -0.441. The van der Waals surface area contributed by atoms with Gasteiger partial charge in [0.25, 0.3) is 11.5 Å². The largest absolute Gasteiger partial charge is 0.488 e. The highest BCUT2D eigenvalue weighted by Crippen LogP contribution is 2.40. The van der Waals surface area contributed by atoms with Gasteiger partial charge in [-0.15, -0.1) is 0 Å². The van der Waals surface area contributed by atoms with Gasteiger partial charge < -0.3 is 23.9 Å². The Kier molecular flexibility index (Phi) is 7.66. The van der Waals surface area contributed by atoms with E-state index >= 15 is 0 Å². The van der Waals surface area contributed by atoms with Gasteiger partial charge in [-0.3, -0.25) is 24.2 Å². The average Bonchev–Trinajstić information content (AvgIpc) is 3.50. The first-order chi connectivity index (χ1) is 22.5. The third kappa shape index (κ3) is 5.91. The van der Waals surface area contributed by atoms with Gasteiger partial charge in [-0.05, 0) is 78.9 Å². The standard InChI is InChI=1S/C36H40N6O5/c1-22(43)46-21-29-28(10-11-37-33(29)42-13-12-41-31(35(42)45)15-23-16-36(2,3)17-32(23)41)24-14-30(34(44)40(5)18-24)38-25-6-8-26(9-7-25)47-27-19-39(4)20-27/h6-11,14-15,18,27,38H,12-13,16-17,19-21H2,1-5H3. The number of likely N-dealkylation sites (tertiary alicyclic amines) is 1. The number of amides is 1. The van der Waals surface area contributed by atoms with E-state index in [9.17, 15) is 14.4 Å². The van der Waals surface area contributed by atoms with Gasteiger partial charge in [-0.25, -0.2) is 4.98 Å². The van der Waals surface area contributed by atoms with Crippen molar-refractivity contribution in [1.29, 1.82) is 0 Å². The number of anilines is 3. The van der Waals surface area contributed by atoms with Gasteiger partial charge in [0.2, 0.25) is 0 Å². The van der Waals surface area contributed by atoms with Crippen LogP contribution in [0.1, 0.15) is 48.1 Å². The molecule has 11 nitrogen and oxygen atoms in total. The summed E-state index contributed by atoms with van der Waals surface area (Å²) in [6.07, 6.45) is 5.47. The Morgan fingerprint density at radius 3 is 2.53 bits per heavy atom. The molecule has 0 atom stereocenters. The van der Waals surface area contributed by atoms with Crippen molar-refractivity contribution in [2.75, 3.05) is 36.9 Å². The minimum Gasteiger partial charge on any atom is -0.488 e. The summed E-state index contributed by atoms with van der Waals surface area (Å²) in [5.41, 5.74) is 6.26. The van der Waals surface area contributed by atoms with Crippen molar-refractivity contribution in [2.45, 2.75) is 52.9 Å². The number of fused-ring (bicyclic) bond motifs is 3. The van der Waals surface area contributed by atoms with Crippen LogP contribution in [0.2, 0.25) is 0 Å². The number of ether oxygens (including phenoxy) is 2. The molecule has 47 heavy (non-hydrogen) atoms. The molecule has 0 saturated carbocycles. The van der Waals surface area contributed by atoms with Gasteiger partial charge in [0, 0.05) is 75.1 Å². The van der Waals surface area contributed by atoms with Crippen LogP contribution >= 0.6 is 0 Å². The topological polar surface area (TPSA) is 111 Å². The lowest BCUT2D eigenvalue weighted by atomic mass is 9.90. The van der Waals surface area contributed by atoms with E-state index in [1.165, 1.54) is 22.7 Å². The molecular weight excluding hydrogens is 596 g/mol.